The number of methoxy groups -OCH3 is 2. The van der Waals surface area contributed by atoms with Gasteiger partial charge in [-0.05, 0) is 48.9 Å². The van der Waals surface area contributed by atoms with E-state index < -0.39 is 6.04 Å². The van der Waals surface area contributed by atoms with Gasteiger partial charge in [-0.3, -0.25) is 4.79 Å². The van der Waals surface area contributed by atoms with Gasteiger partial charge >= 0.3 is 5.97 Å². The Morgan fingerprint density at radius 1 is 1.18 bits per heavy atom. The maximum absolute atomic E-state index is 12.2. The smallest absolute Gasteiger partial charge is 0.328 e. The summed E-state index contributed by atoms with van der Waals surface area (Å²) < 4.78 is 10.1. The number of hydrogen-bond donors (Lipinski definition) is 0. The monoisotopic (exact) mass is 303 g/mol. The molecule has 1 heterocycles. The van der Waals surface area contributed by atoms with Gasteiger partial charge in [-0.1, -0.05) is 6.07 Å². The molecule has 1 aliphatic heterocycles. The van der Waals surface area contributed by atoms with Crippen molar-refractivity contribution in [3.05, 3.63) is 29.3 Å². The molecule has 1 amide bonds. The summed E-state index contributed by atoms with van der Waals surface area (Å²) in [7, 11) is 3.03. The molecular weight excluding hydrogens is 282 g/mol. The molecule has 0 spiro atoms. The number of likely N-dealkylation sites (tertiary alicyclic amines) is 1. The lowest BCUT2D eigenvalue weighted by atomic mass is 9.87. The van der Waals surface area contributed by atoms with E-state index in [-0.39, 0.29) is 17.9 Å². The van der Waals surface area contributed by atoms with Crippen LogP contribution in [-0.4, -0.2) is 43.1 Å². The van der Waals surface area contributed by atoms with Gasteiger partial charge in [-0.2, -0.15) is 0 Å². The highest BCUT2D eigenvalue weighted by Crippen LogP contribution is 2.32. The number of ether oxygens (including phenoxy) is 2. The molecule has 0 aromatic heterocycles. The van der Waals surface area contributed by atoms with Crippen LogP contribution in [0.4, 0.5) is 0 Å². The van der Waals surface area contributed by atoms with Crippen molar-refractivity contribution in [3.63, 3.8) is 0 Å². The normalized spacial score (nSPS) is 24.1. The average molecular weight is 303 g/mol. The van der Waals surface area contributed by atoms with Gasteiger partial charge in [-0.15, -0.1) is 0 Å². The summed E-state index contributed by atoms with van der Waals surface area (Å²) in [6.45, 7) is 0. The molecule has 1 saturated heterocycles. The summed E-state index contributed by atoms with van der Waals surface area (Å²) in [6, 6.07) is 5.74. The Morgan fingerprint density at radius 2 is 2.00 bits per heavy atom. The van der Waals surface area contributed by atoms with Gasteiger partial charge in [-0.25, -0.2) is 4.79 Å². The molecule has 2 atom stereocenters. The van der Waals surface area contributed by atoms with E-state index in [1.165, 1.54) is 18.2 Å². The van der Waals surface area contributed by atoms with Crippen LogP contribution in [0.15, 0.2) is 18.2 Å². The topological polar surface area (TPSA) is 55.8 Å². The van der Waals surface area contributed by atoms with E-state index >= 15 is 0 Å². The van der Waals surface area contributed by atoms with E-state index in [2.05, 4.69) is 6.07 Å². The van der Waals surface area contributed by atoms with Gasteiger partial charge in [0.1, 0.15) is 11.8 Å². The lowest BCUT2D eigenvalue weighted by molar-refractivity contribution is -0.151. The first-order chi connectivity index (χ1) is 10.6. The summed E-state index contributed by atoms with van der Waals surface area (Å²) in [5.41, 5.74) is 2.51. The average Bonchev–Trinajstić information content (AvgIpc) is 2.94. The van der Waals surface area contributed by atoms with Crippen LogP contribution in [0.2, 0.25) is 0 Å². The number of hydrogen-bond acceptors (Lipinski definition) is 4. The SMILES string of the molecule is COC(=O)C1CCC(=O)N1C1CCc2ccc(OC)cc2C1. The minimum Gasteiger partial charge on any atom is -0.497 e. The summed E-state index contributed by atoms with van der Waals surface area (Å²) in [4.78, 5) is 25.9. The zero-order chi connectivity index (χ0) is 15.7. The van der Waals surface area contributed by atoms with Gasteiger partial charge in [0.25, 0.3) is 0 Å². The first kappa shape index (κ1) is 14.9. The second-order valence-electron chi connectivity index (χ2n) is 5.91. The fraction of sp³-hybridized carbons (Fsp3) is 0.529. The van der Waals surface area contributed by atoms with Crippen LogP contribution in [0, 0.1) is 0 Å². The number of carbonyl (C=O) groups excluding carboxylic acids is 2. The van der Waals surface area contributed by atoms with Crippen LogP contribution in [0.25, 0.3) is 0 Å². The molecule has 5 nitrogen and oxygen atoms in total. The Bertz CT molecular complexity index is 598. The van der Waals surface area contributed by atoms with Crippen LogP contribution >= 0.6 is 0 Å². The number of esters is 1. The Kier molecular flexibility index (Phi) is 4.05. The highest BCUT2D eigenvalue weighted by molar-refractivity contribution is 5.88. The first-order valence-corrected chi connectivity index (χ1v) is 7.69. The van der Waals surface area contributed by atoms with E-state index in [1.807, 2.05) is 12.1 Å². The van der Waals surface area contributed by atoms with Crippen molar-refractivity contribution in [3.8, 4) is 5.75 Å². The maximum Gasteiger partial charge on any atom is 0.328 e. The standard InChI is InChI=1S/C17H21NO4/c1-21-14-6-4-11-3-5-13(9-12(11)10-14)18-15(17(20)22-2)7-8-16(18)19/h4,6,10,13,15H,3,5,7-9H2,1-2H3. The molecule has 3 rings (SSSR count). The maximum atomic E-state index is 12.2. The molecule has 0 bridgehead atoms. The van der Waals surface area contributed by atoms with Crippen LogP contribution in [-0.2, 0) is 27.2 Å². The van der Waals surface area contributed by atoms with Crippen molar-refractivity contribution < 1.29 is 19.1 Å². The van der Waals surface area contributed by atoms with Gasteiger partial charge in [0.15, 0.2) is 0 Å². The second-order valence-corrected chi connectivity index (χ2v) is 5.91. The van der Waals surface area contributed by atoms with Crippen LogP contribution in [0.5, 0.6) is 5.75 Å². The summed E-state index contributed by atoms with van der Waals surface area (Å²) >= 11 is 0. The number of nitrogens with zero attached hydrogens (tertiary/aromatic N) is 1. The Hall–Kier alpha value is -2.04. The zero-order valence-corrected chi connectivity index (χ0v) is 13.0. The highest BCUT2D eigenvalue weighted by atomic mass is 16.5. The Morgan fingerprint density at radius 3 is 2.73 bits per heavy atom. The van der Waals surface area contributed by atoms with Crippen molar-refractivity contribution in [1.82, 2.24) is 4.90 Å². The molecular formula is C17H21NO4. The van der Waals surface area contributed by atoms with Crippen LogP contribution < -0.4 is 4.74 Å². The molecule has 2 unspecified atom stereocenters. The van der Waals surface area contributed by atoms with E-state index in [0.29, 0.717) is 12.8 Å². The predicted octanol–water partition coefficient (Wildman–Crippen LogP) is 1.72. The predicted molar refractivity (Wildman–Crippen MR) is 80.7 cm³/mol. The van der Waals surface area contributed by atoms with E-state index in [1.54, 1.807) is 12.0 Å². The molecule has 0 saturated carbocycles. The van der Waals surface area contributed by atoms with Crippen molar-refractivity contribution >= 4 is 11.9 Å². The number of amides is 1. The lowest BCUT2D eigenvalue weighted by Crippen LogP contribution is -2.48. The lowest BCUT2D eigenvalue weighted by Gasteiger charge is -2.35. The summed E-state index contributed by atoms with van der Waals surface area (Å²) in [5, 5.41) is 0. The minimum atomic E-state index is -0.422. The fourth-order valence-corrected chi connectivity index (χ4v) is 3.61. The van der Waals surface area contributed by atoms with E-state index in [0.717, 1.165) is 25.0 Å². The summed E-state index contributed by atoms with van der Waals surface area (Å²) in [5.74, 6) is 0.589. The molecule has 5 heteroatoms. The number of aryl methyl sites for hydroxylation is 1. The molecule has 118 valence electrons. The minimum absolute atomic E-state index is 0.0618. The van der Waals surface area contributed by atoms with Crippen LogP contribution in [0.1, 0.15) is 30.4 Å². The first-order valence-electron chi connectivity index (χ1n) is 7.69. The van der Waals surface area contributed by atoms with Gasteiger partial charge in [0.05, 0.1) is 14.2 Å². The number of carbonyl (C=O) groups is 2. The third kappa shape index (κ3) is 2.56. The molecule has 1 aromatic rings. The third-order valence-electron chi connectivity index (χ3n) is 4.74. The van der Waals surface area contributed by atoms with Crippen LogP contribution in [0.3, 0.4) is 0 Å². The fourth-order valence-electron chi connectivity index (χ4n) is 3.61. The second kappa shape index (κ2) is 5.99. The van der Waals surface area contributed by atoms with Crippen molar-refractivity contribution in [2.75, 3.05) is 14.2 Å². The third-order valence-corrected chi connectivity index (χ3v) is 4.74. The Labute approximate surface area is 130 Å². The largest absolute Gasteiger partial charge is 0.497 e. The quantitative estimate of drug-likeness (QED) is 0.798. The molecule has 1 fully saturated rings. The summed E-state index contributed by atoms with van der Waals surface area (Å²) in [6.07, 6.45) is 3.57. The highest BCUT2D eigenvalue weighted by Gasteiger charge is 2.41. The van der Waals surface area contributed by atoms with Crippen molar-refractivity contribution in [2.45, 2.75) is 44.2 Å². The van der Waals surface area contributed by atoms with E-state index in [9.17, 15) is 9.59 Å². The molecule has 1 aliphatic carbocycles. The number of benzene rings is 1. The molecule has 22 heavy (non-hydrogen) atoms. The molecule has 1 aromatic carbocycles. The Balaban J connectivity index is 1.83. The van der Waals surface area contributed by atoms with Crippen molar-refractivity contribution in [2.24, 2.45) is 0 Å². The molecule has 0 N–H and O–H groups in total. The zero-order valence-electron chi connectivity index (χ0n) is 13.0. The van der Waals surface area contributed by atoms with Gasteiger partial charge < -0.3 is 14.4 Å². The van der Waals surface area contributed by atoms with Gasteiger partial charge in [0, 0.05) is 12.5 Å². The van der Waals surface area contributed by atoms with E-state index in [4.69, 9.17) is 9.47 Å². The number of fused-ring (bicyclic) bond motifs is 1. The number of rotatable bonds is 3. The van der Waals surface area contributed by atoms with Crippen molar-refractivity contribution in [1.29, 1.82) is 0 Å². The molecule has 2 aliphatic rings. The molecule has 0 radical (unpaired) electrons. The van der Waals surface area contributed by atoms with Gasteiger partial charge in [0.2, 0.25) is 5.91 Å².